The molecule has 0 aliphatic rings. The number of carboxylic acid groups (broad SMARTS) is 1. The van der Waals surface area contributed by atoms with Crippen LogP contribution in [0.2, 0.25) is 0 Å². The van der Waals surface area contributed by atoms with Crippen LogP contribution in [0.5, 0.6) is 0 Å². The lowest BCUT2D eigenvalue weighted by atomic mass is 10.2. The van der Waals surface area contributed by atoms with Crippen LogP contribution in [-0.2, 0) is 30.9 Å². The van der Waals surface area contributed by atoms with E-state index in [4.69, 9.17) is 26.0 Å². The Balaban J connectivity index is 3.04. The molecular formula is C11H16NO6PS2. The Morgan fingerprint density at radius 2 is 1.71 bits per heavy atom. The van der Waals surface area contributed by atoms with E-state index in [1.807, 2.05) is 0 Å². The van der Waals surface area contributed by atoms with Crippen molar-refractivity contribution in [2.75, 3.05) is 13.2 Å². The molecule has 21 heavy (non-hydrogen) atoms. The van der Waals surface area contributed by atoms with Crippen LogP contribution in [0.25, 0.3) is 0 Å². The molecule has 0 unspecified atom stereocenters. The van der Waals surface area contributed by atoms with Gasteiger partial charge in [0, 0.05) is 0 Å². The van der Waals surface area contributed by atoms with Gasteiger partial charge in [-0.15, -0.1) is 4.49 Å². The first-order valence-electron chi connectivity index (χ1n) is 6.00. The molecule has 0 fully saturated rings. The number of carboxylic acids is 1. The number of rotatable bonds is 8. The molecule has 0 saturated carbocycles. The average molecular weight is 353 g/mol. The first-order chi connectivity index (χ1) is 9.74. The molecule has 0 spiro atoms. The van der Waals surface area contributed by atoms with Crippen LogP contribution in [0.15, 0.2) is 29.2 Å². The minimum Gasteiger partial charge on any atom is -0.478 e. The van der Waals surface area contributed by atoms with Crippen molar-refractivity contribution >= 4 is 34.4 Å². The predicted molar refractivity (Wildman–Crippen MR) is 81.3 cm³/mol. The molecule has 0 saturated heterocycles. The molecule has 1 aromatic rings. The van der Waals surface area contributed by atoms with Gasteiger partial charge in [-0.25, -0.2) is 13.2 Å². The zero-order valence-electron chi connectivity index (χ0n) is 11.5. The van der Waals surface area contributed by atoms with Crippen molar-refractivity contribution in [3.63, 3.8) is 0 Å². The highest BCUT2D eigenvalue weighted by Crippen LogP contribution is 2.45. The number of carbonyl (C=O) groups is 1. The van der Waals surface area contributed by atoms with Gasteiger partial charge >= 0.3 is 5.97 Å². The van der Waals surface area contributed by atoms with Crippen molar-refractivity contribution in [1.82, 2.24) is 4.49 Å². The Bertz CT molecular complexity index is 633. The lowest BCUT2D eigenvalue weighted by Crippen LogP contribution is -2.23. The summed E-state index contributed by atoms with van der Waals surface area (Å²) in [5.41, 5.74) is -0.0111. The van der Waals surface area contributed by atoms with Crippen molar-refractivity contribution in [3.05, 3.63) is 29.8 Å². The molecule has 1 aromatic carbocycles. The second-order valence-electron chi connectivity index (χ2n) is 3.76. The van der Waals surface area contributed by atoms with Gasteiger partial charge in [-0.1, -0.05) is 0 Å². The highest BCUT2D eigenvalue weighted by molar-refractivity contribution is 8.14. The molecule has 0 radical (unpaired) electrons. The Labute approximate surface area is 128 Å². The summed E-state index contributed by atoms with van der Waals surface area (Å²) in [4.78, 5) is 10.6. The molecule has 0 aromatic heterocycles. The fourth-order valence-corrected chi connectivity index (χ4v) is 6.19. The topological polar surface area (TPSA) is 102 Å². The second kappa shape index (κ2) is 7.44. The number of hydrogen-bond acceptors (Lipinski definition) is 6. The number of aromatic carboxylic acids is 1. The Morgan fingerprint density at radius 3 is 2.10 bits per heavy atom. The Kier molecular flexibility index (Phi) is 6.45. The van der Waals surface area contributed by atoms with E-state index in [1.165, 1.54) is 24.3 Å². The zero-order valence-corrected chi connectivity index (χ0v) is 14.0. The Hall–Kier alpha value is -0.830. The van der Waals surface area contributed by atoms with Gasteiger partial charge < -0.3 is 14.2 Å². The van der Waals surface area contributed by atoms with Crippen LogP contribution < -0.4 is 4.49 Å². The van der Waals surface area contributed by atoms with Gasteiger partial charge in [0.15, 0.2) is 0 Å². The molecular weight excluding hydrogens is 337 g/mol. The van der Waals surface area contributed by atoms with Gasteiger partial charge in [0.2, 0.25) is 10.0 Å². The molecule has 10 heteroatoms. The summed E-state index contributed by atoms with van der Waals surface area (Å²) in [7, 11) is -3.95. The molecule has 0 atom stereocenters. The van der Waals surface area contributed by atoms with Gasteiger partial charge in [-0.05, 0) is 49.9 Å². The molecule has 0 aliphatic carbocycles. The third-order valence-electron chi connectivity index (χ3n) is 2.24. The van der Waals surface area contributed by atoms with Gasteiger partial charge in [-0.3, -0.25) is 0 Å². The van der Waals surface area contributed by atoms with E-state index in [0.717, 1.165) is 0 Å². The van der Waals surface area contributed by atoms with Crippen LogP contribution in [-0.4, -0.2) is 32.7 Å². The molecule has 118 valence electrons. The van der Waals surface area contributed by atoms with E-state index in [0.29, 0.717) is 0 Å². The summed E-state index contributed by atoms with van der Waals surface area (Å²) in [6.45, 7) is 0.607. The first kappa shape index (κ1) is 18.2. The van der Waals surface area contributed by atoms with Crippen LogP contribution in [0.1, 0.15) is 24.2 Å². The monoisotopic (exact) mass is 353 g/mol. The Morgan fingerprint density at radius 1 is 1.24 bits per heavy atom. The number of hydrogen-bond donors (Lipinski definition) is 2. The van der Waals surface area contributed by atoms with E-state index in [-0.39, 0.29) is 23.7 Å². The maximum Gasteiger partial charge on any atom is 0.335 e. The number of sulfonamides is 1. The molecule has 0 aliphatic heterocycles. The molecule has 7 nitrogen and oxygen atoms in total. The standard InChI is InChI=1S/C11H16NO6PS2/c1-3-17-19(20,18-4-2)12-21(15,16)10-7-5-9(6-8-10)11(13)14/h5-8H,3-4H2,1-2H3,(H,12,20)(H,13,14). The normalized spacial score (nSPS) is 12.3. The molecule has 2 N–H and O–H groups in total. The summed E-state index contributed by atoms with van der Waals surface area (Å²) in [6, 6.07) is 4.76. The van der Waals surface area contributed by atoms with Gasteiger partial charge in [0.05, 0.1) is 23.7 Å². The van der Waals surface area contributed by atoms with Crippen LogP contribution in [0, 0.1) is 0 Å². The quantitative estimate of drug-likeness (QED) is 0.689. The van der Waals surface area contributed by atoms with E-state index in [9.17, 15) is 13.2 Å². The summed E-state index contributed by atoms with van der Waals surface area (Å²) in [5, 5.41) is 8.79. The minimum absolute atomic E-state index is 0.0111. The first-order valence-corrected chi connectivity index (χ1v) is 10.1. The van der Waals surface area contributed by atoms with Gasteiger partial charge in [-0.2, -0.15) is 0 Å². The zero-order chi connectivity index (χ0) is 16.1. The van der Waals surface area contributed by atoms with E-state index in [2.05, 4.69) is 4.49 Å². The lowest BCUT2D eigenvalue weighted by Gasteiger charge is -2.21. The SMILES string of the molecule is CCOP(=S)(NS(=O)(=O)c1ccc(C(=O)O)cc1)OCC. The van der Waals surface area contributed by atoms with Crippen LogP contribution in [0.3, 0.4) is 0 Å². The van der Waals surface area contributed by atoms with E-state index < -0.39 is 22.6 Å². The van der Waals surface area contributed by atoms with E-state index in [1.54, 1.807) is 13.8 Å². The highest BCUT2D eigenvalue weighted by Gasteiger charge is 2.27. The largest absolute Gasteiger partial charge is 0.478 e. The molecule has 0 heterocycles. The highest BCUT2D eigenvalue weighted by atomic mass is 32.5. The van der Waals surface area contributed by atoms with Crippen molar-refractivity contribution < 1.29 is 27.4 Å². The van der Waals surface area contributed by atoms with Gasteiger partial charge in [0.1, 0.15) is 0 Å². The van der Waals surface area contributed by atoms with Crippen LogP contribution >= 0.6 is 6.64 Å². The summed E-state index contributed by atoms with van der Waals surface area (Å²) >= 11 is 5.10. The fourth-order valence-electron chi connectivity index (χ4n) is 1.41. The van der Waals surface area contributed by atoms with E-state index >= 15 is 0 Å². The maximum atomic E-state index is 12.2. The summed E-state index contributed by atoms with van der Waals surface area (Å²) in [5.74, 6) is -1.14. The summed E-state index contributed by atoms with van der Waals surface area (Å²) in [6.07, 6.45) is 0. The van der Waals surface area contributed by atoms with Gasteiger partial charge in [0.25, 0.3) is 6.64 Å². The summed E-state index contributed by atoms with van der Waals surface area (Å²) < 4.78 is 37.1. The van der Waals surface area contributed by atoms with Crippen molar-refractivity contribution in [3.8, 4) is 0 Å². The molecule has 1 rings (SSSR count). The van der Waals surface area contributed by atoms with Crippen molar-refractivity contribution in [1.29, 1.82) is 0 Å². The van der Waals surface area contributed by atoms with Crippen molar-refractivity contribution in [2.45, 2.75) is 18.7 Å². The maximum absolute atomic E-state index is 12.2. The van der Waals surface area contributed by atoms with Crippen LogP contribution in [0.4, 0.5) is 0 Å². The average Bonchev–Trinajstić information content (AvgIpc) is 2.38. The fraction of sp³-hybridized carbons (Fsp3) is 0.364. The lowest BCUT2D eigenvalue weighted by molar-refractivity contribution is 0.0696. The predicted octanol–water partition coefficient (Wildman–Crippen LogP) is 1.96. The third-order valence-corrected chi connectivity index (χ3v) is 7.49. The minimum atomic E-state index is -3.95. The smallest absolute Gasteiger partial charge is 0.335 e. The number of nitrogens with one attached hydrogen (secondary N) is 1. The van der Waals surface area contributed by atoms with Crippen molar-refractivity contribution in [2.24, 2.45) is 0 Å². The third kappa shape index (κ3) is 5.14. The number of benzene rings is 1. The second-order valence-corrected chi connectivity index (χ2v) is 8.92. The molecule has 0 amide bonds. The molecule has 0 bridgehead atoms.